The maximum Gasteiger partial charge on any atom is 0.270 e. The van der Waals surface area contributed by atoms with E-state index in [-0.39, 0.29) is 11.3 Å². The molecule has 6 nitrogen and oxygen atoms in total. The third-order valence-electron chi connectivity index (χ3n) is 4.43. The van der Waals surface area contributed by atoms with Crippen LogP contribution in [0.2, 0.25) is 0 Å². The van der Waals surface area contributed by atoms with Crippen LogP contribution in [0, 0.1) is 18.3 Å². The van der Waals surface area contributed by atoms with Gasteiger partial charge in [0.1, 0.15) is 11.6 Å². The Morgan fingerprint density at radius 2 is 1.96 bits per heavy atom. The Balaban J connectivity index is 1.86. The summed E-state index contributed by atoms with van der Waals surface area (Å²) in [5, 5.41) is 19.5. The van der Waals surface area contributed by atoms with Gasteiger partial charge >= 0.3 is 0 Å². The monoisotopic (exact) mass is 342 g/mol. The molecule has 4 aromatic rings. The lowest BCUT2D eigenvalue weighted by Gasteiger charge is -2.10. The van der Waals surface area contributed by atoms with E-state index in [1.165, 1.54) is 0 Å². The van der Waals surface area contributed by atoms with Crippen molar-refractivity contribution in [1.82, 2.24) is 14.5 Å². The molecule has 3 aromatic heterocycles. The van der Waals surface area contributed by atoms with Gasteiger partial charge in [-0.05, 0) is 42.3 Å². The van der Waals surface area contributed by atoms with Crippen molar-refractivity contribution in [3.8, 4) is 28.6 Å². The molecule has 0 spiro atoms. The molecule has 0 saturated carbocycles. The van der Waals surface area contributed by atoms with E-state index in [1.807, 2.05) is 43.5 Å². The molecule has 0 atom stereocenters. The van der Waals surface area contributed by atoms with E-state index in [0.29, 0.717) is 11.0 Å². The normalized spacial score (nSPS) is 10.8. The summed E-state index contributed by atoms with van der Waals surface area (Å²) in [6.45, 7) is 2.03. The summed E-state index contributed by atoms with van der Waals surface area (Å²) >= 11 is 0. The van der Waals surface area contributed by atoms with E-state index < -0.39 is 5.56 Å². The van der Waals surface area contributed by atoms with Gasteiger partial charge < -0.3 is 14.7 Å². The molecule has 0 fully saturated rings. The second-order valence-electron chi connectivity index (χ2n) is 5.98. The standard InChI is InChI=1S/C20H14N4O2/c1-12-6-8-22-11-16(12)13-2-4-14(5-3-13)24-9-7-17-18(24)19(25)15(10-21)20(26)23-17/h2-9,11H,1H3,(H2,23,25,26). The molecule has 0 saturated heterocycles. The van der Waals surface area contributed by atoms with Crippen LogP contribution in [0.5, 0.6) is 5.75 Å². The highest BCUT2D eigenvalue weighted by Crippen LogP contribution is 2.29. The fraction of sp³-hybridized carbons (Fsp3) is 0.0500. The Kier molecular flexibility index (Phi) is 3.55. The quantitative estimate of drug-likeness (QED) is 0.584. The smallest absolute Gasteiger partial charge is 0.270 e. The van der Waals surface area contributed by atoms with Gasteiger partial charge in [0.05, 0.1) is 5.52 Å². The van der Waals surface area contributed by atoms with Crippen LogP contribution in [0.1, 0.15) is 11.1 Å². The van der Waals surface area contributed by atoms with Gasteiger partial charge in [0.15, 0.2) is 11.3 Å². The molecular formula is C20H14N4O2. The average molecular weight is 342 g/mol. The van der Waals surface area contributed by atoms with Gasteiger partial charge in [0.25, 0.3) is 5.56 Å². The maximum absolute atomic E-state index is 11.8. The van der Waals surface area contributed by atoms with Crippen molar-refractivity contribution in [2.24, 2.45) is 0 Å². The van der Waals surface area contributed by atoms with Crippen molar-refractivity contribution in [2.75, 3.05) is 0 Å². The van der Waals surface area contributed by atoms with E-state index >= 15 is 0 Å². The molecule has 6 heteroatoms. The summed E-state index contributed by atoms with van der Waals surface area (Å²) in [6.07, 6.45) is 5.33. The summed E-state index contributed by atoms with van der Waals surface area (Å²) in [5.41, 5.74) is 3.99. The molecule has 0 aliphatic rings. The molecule has 0 unspecified atom stereocenters. The minimum Gasteiger partial charge on any atom is -0.504 e. The number of aryl methyl sites for hydroxylation is 1. The van der Waals surface area contributed by atoms with Crippen molar-refractivity contribution in [1.29, 1.82) is 5.26 Å². The van der Waals surface area contributed by atoms with Crippen LogP contribution >= 0.6 is 0 Å². The lowest BCUT2D eigenvalue weighted by molar-refractivity contribution is 0.476. The van der Waals surface area contributed by atoms with E-state index in [0.717, 1.165) is 22.4 Å². The first-order valence-electron chi connectivity index (χ1n) is 7.98. The Labute approximate surface area is 148 Å². The Morgan fingerprint density at radius 3 is 2.65 bits per heavy atom. The second kappa shape index (κ2) is 5.90. The van der Waals surface area contributed by atoms with Gasteiger partial charge in [-0.15, -0.1) is 0 Å². The van der Waals surface area contributed by atoms with E-state index in [4.69, 9.17) is 5.26 Å². The third-order valence-corrected chi connectivity index (χ3v) is 4.43. The molecule has 0 amide bonds. The number of nitrogens with one attached hydrogen (secondary N) is 1. The van der Waals surface area contributed by atoms with Crippen molar-refractivity contribution >= 4 is 11.0 Å². The van der Waals surface area contributed by atoms with Crippen LogP contribution in [0.15, 0.2) is 59.8 Å². The van der Waals surface area contributed by atoms with Crippen LogP contribution in [-0.4, -0.2) is 19.6 Å². The molecule has 2 N–H and O–H groups in total. The van der Waals surface area contributed by atoms with Crippen molar-refractivity contribution in [2.45, 2.75) is 6.92 Å². The summed E-state index contributed by atoms with van der Waals surface area (Å²) < 4.78 is 1.74. The highest BCUT2D eigenvalue weighted by atomic mass is 16.3. The number of nitriles is 1. The fourth-order valence-electron chi connectivity index (χ4n) is 3.07. The first-order chi connectivity index (χ1) is 12.6. The molecule has 126 valence electrons. The minimum absolute atomic E-state index is 0.292. The van der Waals surface area contributed by atoms with Crippen molar-refractivity contribution in [3.05, 3.63) is 76.5 Å². The van der Waals surface area contributed by atoms with Gasteiger partial charge in [-0.25, -0.2) is 0 Å². The topological polar surface area (TPSA) is 94.7 Å². The Hall–Kier alpha value is -3.85. The van der Waals surface area contributed by atoms with Gasteiger partial charge in [-0.2, -0.15) is 5.26 Å². The number of hydrogen-bond acceptors (Lipinski definition) is 4. The number of pyridine rings is 2. The van der Waals surface area contributed by atoms with Crippen LogP contribution in [0.4, 0.5) is 0 Å². The number of fused-ring (bicyclic) bond motifs is 1. The van der Waals surface area contributed by atoms with E-state index in [9.17, 15) is 9.90 Å². The molecule has 0 aliphatic heterocycles. The molecule has 0 aliphatic carbocycles. The third kappa shape index (κ3) is 2.34. The fourth-order valence-corrected chi connectivity index (χ4v) is 3.07. The molecular weight excluding hydrogens is 328 g/mol. The minimum atomic E-state index is -0.599. The molecule has 26 heavy (non-hydrogen) atoms. The van der Waals surface area contributed by atoms with Gasteiger partial charge in [-0.1, -0.05) is 12.1 Å². The Morgan fingerprint density at radius 1 is 1.19 bits per heavy atom. The number of aromatic hydroxyl groups is 1. The molecule has 3 heterocycles. The average Bonchev–Trinajstić information content (AvgIpc) is 3.06. The molecule has 1 aromatic carbocycles. The van der Waals surface area contributed by atoms with Gasteiger partial charge in [0.2, 0.25) is 0 Å². The SMILES string of the molecule is Cc1ccncc1-c1ccc(-n2ccc3[nH]c(=O)c(C#N)c(O)c32)cc1. The van der Waals surface area contributed by atoms with Crippen LogP contribution < -0.4 is 5.56 Å². The molecule has 0 radical (unpaired) electrons. The van der Waals surface area contributed by atoms with Gasteiger partial charge in [-0.3, -0.25) is 9.78 Å². The molecule has 0 bridgehead atoms. The zero-order valence-corrected chi connectivity index (χ0v) is 13.9. The highest BCUT2D eigenvalue weighted by Gasteiger charge is 2.15. The zero-order valence-electron chi connectivity index (χ0n) is 13.9. The number of aromatic nitrogens is 3. The predicted molar refractivity (Wildman–Crippen MR) is 98.2 cm³/mol. The van der Waals surface area contributed by atoms with E-state index in [2.05, 4.69) is 9.97 Å². The van der Waals surface area contributed by atoms with Crippen molar-refractivity contribution in [3.63, 3.8) is 0 Å². The first-order valence-corrected chi connectivity index (χ1v) is 7.98. The van der Waals surface area contributed by atoms with Gasteiger partial charge in [0, 0.05) is 29.8 Å². The number of rotatable bonds is 2. The first kappa shape index (κ1) is 15.7. The van der Waals surface area contributed by atoms with Crippen molar-refractivity contribution < 1.29 is 5.11 Å². The van der Waals surface area contributed by atoms with Crippen LogP contribution in [0.25, 0.3) is 27.8 Å². The largest absolute Gasteiger partial charge is 0.504 e. The number of hydrogen-bond donors (Lipinski definition) is 2. The maximum atomic E-state index is 11.8. The second-order valence-corrected chi connectivity index (χ2v) is 5.98. The lowest BCUT2D eigenvalue weighted by Crippen LogP contribution is -2.10. The number of nitrogens with zero attached hydrogens (tertiary/aromatic N) is 3. The molecule has 4 rings (SSSR count). The summed E-state index contributed by atoms with van der Waals surface area (Å²) in [5.74, 6) is -0.316. The summed E-state index contributed by atoms with van der Waals surface area (Å²) in [4.78, 5) is 18.6. The summed E-state index contributed by atoms with van der Waals surface area (Å²) in [6, 6.07) is 13.2. The summed E-state index contributed by atoms with van der Waals surface area (Å²) in [7, 11) is 0. The van der Waals surface area contributed by atoms with E-state index in [1.54, 1.807) is 29.1 Å². The Bertz CT molecular complexity index is 1230. The number of H-pyrrole nitrogens is 1. The predicted octanol–water partition coefficient (Wildman–Crippen LogP) is 3.27. The van der Waals surface area contributed by atoms with Crippen LogP contribution in [0.3, 0.4) is 0 Å². The number of aromatic amines is 1. The lowest BCUT2D eigenvalue weighted by atomic mass is 10.0. The highest BCUT2D eigenvalue weighted by molar-refractivity contribution is 5.86. The zero-order chi connectivity index (χ0) is 18.3. The number of benzene rings is 1. The van der Waals surface area contributed by atoms with Crippen LogP contribution in [-0.2, 0) is 0 Å².